The van der Waals surface area contributed by atoms with Crippen LogP contribution in [0, 0.1) is 6.92 Å². The van der Waals surface area contributed by atoms with Crippen molar-refractivity contribution in [2.75, 3.05) is 5.32 Å². The first-order valence-corrected chi connectivity index (χ1v) is 6.53. The molecule has 3 rings (SSSR count). The number of nitrogens with zero attached hydrogens (tertiary/aromatic N) is 1. The van der Waals surface area contributed by atoms with E-state index in [0.717, 1.165) is 28.6 Å². The van der Waals surface area contributed by atoms with Crippen LogP contribution < -0.4 is 5.32 Å². The standard InChI is InChI=1S/C17H15N2O/c1-2-13-7-9-15(10-8-13)18-17(20)19-12-11-14-5-3-4-6-16(14)19/h3-12H,1-2H2,(H,18,20). The number of benzene rings is 2. The van der Waals surface area contributed by atoms with Crippen molar-refractivity contribution in [1.29, 1.82) is 0 Å². The van der Waals surface area contributed by atoms with Gasteiger partial charge >= 0.3 is 6.03 Å². The highest BCUT2D eigenvalue weighted by molar-refractivity contribution is 5.98. The van der Waals surface area contributed by atoms with Crippen LogP contribution in [-0.2, 0) is 6.42 Å². The van der Waals surface area contributed by atoms with E-state index in [0.29, 0.717) is 0 Å². The number of amides is 1. The van der Waals surface area contributed by atoms with E-state index in [1.165, 1.54) is 0 Å². The Kier molecular flexibility index (Phi) is 3.25. The van der Waals surface area contributed by atoms with Crippen LogP contribution in [0.3, 0.4) is 0 Å². The summed E-state index contributed by atoms with van der Waals surface area (Å²) >= 11 is 0. The number of aromatic nitrogens is 1. The van der Waals surface area contributed by atoms with Crippen molar-refractivity contribution in [3.05, 3.63) is 73.3 Å². The van der Waals surface area contributed by atoms with Crippen molar-refractivity contribution in [2.45, 2.75) is 6.42 Å². The van der Waals surface area contributed by atoms with Crippen molar-refractivity contribution in [3.63, 3.8) is 0 Å². The Bertz CT molecular complexity index is 741. The average Bonchev–Trinajstić information content (AvgIpc) is 2.92. The second-order valence-electron chi connectivity index (χ2n) is 4.62. The molecule has 0 atom stereocenters. The van der Waals surface area contributed by atoms with Crippen LogP contribution in [0.1, 0.15) is 5.56 Å². The number of carbonyl (C=O) groups is 1. The monoisotopic (exact) mass is 263 g/mol. The summed E-state index contributed by atoms with van der Waals surface area (Å²) in [5.41, 5.74) is 2.83. The predicted octanol–water partition coefficient (Wildman–Crippen LogP) is 4.10. The van der Waals surface area contributed by atoms with Crippen LogP contribution in [0.4, 0.5) is 10.5 Å². The number of hydrogen-bond donors (Lipinski definition) is 1. The van der Waals surface area contributed by atoms with Gasteiger partial charge in [0.2, 0.25) is 0 Å². The first-order valence-electron chi connectivity index (χ1n) is 6.53. The molecule has 1 N–H and O–H groups in total. The molecule has 1 radical (unpaired) electrons. The SMILES string of the molecule is [CH2]Cc1ccc(NC(=O)n2ccc3ccccc32)cc1. The Morgan fingerprint density at radius 1 is 1.05 bits per heavy atom. The fraction of sp³-hybridized carbons (Fsp3) is 0.0588. The van der Waals surface area contributed by atoms with E-state index in [1.807, 2.05) is 54.6 Å². The molecule has 20 heavy (non-hydrogen) atoms. The molecule has 0 spiro atoms. The summed E-state index contributed by atoms with van der Waals surface area (Å²) in [6.07, 6.45) is 2.53. The van der Waals surface area contributed by atoms with Crippen molar-refractivity contribution >= 4 is 22.6 Å². The molecule has 0 saturated carbocycles. The van der Waals surface area contributed by atoms with Gasteiger partial charge in [-0.2, -0.15) is 0 Å². The first kappa shape index (κ1) is 12.5. The molecule has 99 valence electrons. The summed E-state index contributed by atoms with van der Waals surface area (Å²) in [5.74, 6) is 0. The number of rotatable bonds is 2. The highest BCUT2D eigenvalue weighted by Crippen LogP contribution is 2.16. The van der Waals surface area contributed by atoms with E-state index in [9.17, 15) is 4.79 Å². The Hall–Kier alpha value is -2.55. The molecule has 0 bridgehead atoms. The van der Waals surface area contributed by atoms with Crippen LogP contribution in [0.15, 0.2) is 60.8 Å². The van der Waals surface area contributed by atoms with Crippen LogP contribution in [-0.4, -0.2) is 10.6 Å². The Morgan fingerprint density at radius 2 is 1.80 bits per heavy atom. The summed E-state index contributed by atoms with van der Waals surface area (Å²) in [5, 5.41) is 3.94. The fourth-order valence-corrected chi connectivity index (χ4v) is 2.20. The van der Waals surface area contributed by atoms with Gasteiger partial charge in [0.05, 0.1) is 5.52 Å². The van der Waals surface area contributed by atoms with E-state index in [4.69, 9.17) is 0 Å². The van der Waals surface area contributed by atoms with Crippen LogP contribution in [0.25, 0.3) is 10.9 Å². The molecule has 0 saturated heterocycles. The van der Waals surface area contributed by atoms with Crippen molar-refractivity contribution in [3.8, 4) is 0 Å². The van der Waals surface area contributed by atoms with Gasteiger partial charge in [-0.1, -0.05) is 30.3 Å². The van der Waals surface area contributed by atoms with Crippen molar-refractivity contribution in [1.82, 2.24) is 4.57 Å². The molecule has 2 aromatic carbocycles. The molecule has 0 aliphatic rings. The van der Waals surface area contributed by atoms with Crippen LogP contribution in [0.2, 0.25) is 0 Å². The van der Waals surface area contributed by atoms with Crippen LogP contribution >= 0.6 is 0 Å². The Morgan fingerprint density at radius 3 is 2.55 bits per heavy atom. The van der Waals surface area contributed by atoms with Gasteiger partial charge in [0.25, 0.3) is 0 Å². The maximum Gasteiger partial charge on any atom is 0.330 e. The minimum absolute atomic E-state index is 0.159. The van der Waals surface area contributed by atoms with Gasteiger partial charge < -0.3 is 5.32 Å². The Labute approximate surface area is 117 Å². The molecule has 3 heteroatoms. The number of carbonyl (C=O) groups excluding carboxylic acids is 1. The number of para-hydroxylation sites is 1. The third-order valence-corrected chi connectivity index (χ3v) is 3.31. The zero-order chi connectivity index (χ0) is 13.9. The highest BCUT2D eigenvalue weighted by atomic mass is 16.2. The van der Waals surface area contributed by atoms with Crippen molar-refractivity contribution in [2.24, 2.45) is 0 Å². The third kappa shape index (κ3) is 2.30. The van der Waals surface area contributed by atoms with Crippen LogP contribution in [0.5, 0.6) is 0 Å². The van der Waals surface area contributed by atoms with Gasteiger partial charge in [0, 0.05) is 17.3 Å². The topological polar surface area (TPSA) is 34.0 Å². The molecule has 3 aromatic rings. The maximum atomic E-state index is 12.3. The summed E-state index contributed by atoms with van der Waals surface area (Å²) in [7, 11) is 0. The average molecular weight is 263 g/mol. The molecular weight excluding hydrogens is 248 g/mol. The fourth-order valence-electron chi connectivity index (χ4n) is 2.20. The second-order valence-corrected chi connectivity index (χ2v) is 4.62. The van der Waals surface area contributed by atoms with Gasteiger partial charge in [-0.25, -0.2) is 4.79 Å². The maximum absolute atomic E-state index is 12.3. The lowest BCUT2D eigenvalue weighted by Crippen LogP contribution is -2.18. The predicted molar refractivity (Wildman–Crippen MR) is 81.9 cm³/mol. The van der Waals surface area contributed by atoms with Gasteiger partial charge in [-0.3, -0.25) is 4.57 Å². The summed E-state index contributed by atoms with van der Waals surface area (Å²) in [6.45, 7) is 3.83. The molecule has 0 aliphatic carbocycles. The quantitative estimate of drug-likeness (QED) is 0.742. The zero-order valence-corrected chi connectivity index (χ0v) is 11.0. The van der Waals surface area contributed by atoms with E-state index < -0.39 is 0 Å². The molecule has 3 nitrogen and oxygen atoms in total. The summed E-state index contributed by atoms with van der Waals surface area (Å²) in [6, 6.07) is 17.3. The van der Waals surface area contributed by atoms with Gasteiger partial charge in [0.15, 0.2) is 0 Å². The molecule has 1 heterocycles. The molecular formula is C17H15N2O. The lowest BCUT2D eigenvalue weighted by molar-refractivity contribution is 0.254. The smallest absolute Gasteiger partial charge is 0.307 e. The molecule has 0 unspecified atom stereocenters. The normalized spacial score (nSPS) is 10.7. The lowest BCUT2D eigenvalue weighted by Gasteiger charge is -2.07. The van der Waals surface area contributed by atoms with Gasteiger partial charge in [-0.05, 0) is 43.2 Å². The second kappa shape index (κ2) is 5.21. The molecule has 0 fully saturated rings. The third-order valence-electron chi connectivity index (χ3n) is 3.31. The van der Waals surface area contributed by atoms with E-state index in [-0.39, 0.29) is 6.03 Å². The van der Waals surface area contributed by atoms with Gasteiger partial charge in [0.1, 0.15) is 0 Å². The highest BCUT2D eigenvalue weighted by Gasteiger charge is 2.08. The minimum atomic E-state index is -0.159. The Balaban J connectivity index is 1.85. The largest absolute Gasteiger partial charge is 0.330 e. The van der Waals surface area contributed by atoms with E-state index in [2.05, 4.69) is 12.2 Å². The summed E-state index contributed by atoms with van der Waals surface area (Å²) < 4.78 is 1.62. The first-order chi connectivity index (χ1) is 9.78. The lowest BCUT2D eigenvalue weighted by atomic mass is 10.1. The van der Waals surface area contributed by atoms with E-state index >= 15 is 0 Å². The number of anilines is 1. The zero-order valence-electron chi connectivity index (χ0n) is 11.0. The van der Waals surface area contributed by atoms with Crippen molar-refractivity contribution < 1.29 is 4.79 Å². The molecule has 0 aliphatic heterocycles. The number of nitrogens with one attached hydrogen (secondary N) is 1. The molecule has 1 aromatic heterocycles. The molecule has 1 amide bonds. The number of fused-ring (bicyclic) bond motifs is 1. The van der Waals surface area contributed by atoms with E-state index in [1.54, 1.807) is 10.8 Å². The summed E-state index contributed by atoms with van der Waals surface area (Å²) in [4.78, 5) is 12.3. The number of hydrogen-bond acceptors (Lipinski definition) is 1. The minimum Gasteiger partial charge on any atom is -0.307 e. The van der Waals surface area contributed by atoms with Gasteiger partial charge in [-0.15, -0.1) is 0 Å².